The molecule has 1 heterocycles. The van der Waals surface area contributed by atoms with Crippen molar-refractivity contribution in [2.24, 2.45) is 0 Å². The van der Waals surface area contributed by atoms with Gasteiger partial charge in [-0.05, 0) is 12.5 Å². The Labute approximate surface area is 64.5 Å². The molecule has 10 heavy (non-hydrogen) atoms. The Hall–Kier alpha value is -0.760. The van der Waals surface area contributed by atoms with Gasteiger partial charge in [-0.1, -0.05) is 11.7 Å². The Morgan fingerprint density at radius 3 is 3.00 bits per heavy atom. The Kier molecular flexibility index (Phi) is 2.12. The van der Waals surface area contributed by atoms with Gasteiger partial charge >= 0.3 is 0 Å². The first-order valence-electron chi connectivity index (χ1n) is 2.91. The summed E-state index contributed by atoms with van der Waals surface area (Å²) in [6, 6.07) is 1.81. The largest absolute Gasteiger partial charge is 0.361 e. The number of rotatable bonds is 2. The third kappa shape index (κ3) is 1.39. The van der Waals surface area contributed by atoms with Crippen LogP contribution in [0, 0.1) is 6.92 Å². The van der Waals surface area contributed by atoms with E-state index in [9.17, 15) is 0 Å². The van der Waals surface area contributed by atoms with Crippen LogP contribution in [-0.4, -0.2) is 11.0 Å². The summed E-state index contributed by atoms with van der Waals surface area (Å²) in [5.74, 6) is 1.17. The molecule has 0 aliphatic rings. The van der Waals surface area contributed by atoms with Gasteiger partial charge in [0.1, 0.15) is 11.5 Å². The Morgan fingerprint density at radius 2 is 2.60 bits per heavy atom. The zero-order chi connectivity index (χ0) is 7.56. The predicted molar refractivity (Wildman–Crippen MR) is 41.0 cm³/mol. The molecule has 0 saturated carbocycles. The lowest BCUT2D eigenvalue weighted by Gasteiger charge is -1.89. The summed E-state index contributed by atoms with van der Waals surface area (Å²) >= 11 is 5.51. The number of halogens is 1. The van der Waals surface area contributed by atoms with E-state index in [-0.39, 0.29) is 0 Å². The van der Waals surface area contributed by atoms with Crippen molar-refractivity contribution in [1.29, 1.82) is 0 Å². The number of alkyl halides is 1. The molecular weight excluding hydrogens is 150 g/mol. The average Bonchev–Trinajstić information content (AvgIpc) is 2.34. The molecular formula is C7H8ClNO. The molecule has 0 aromatic carbocycles. The van der Waals surface area contributed by atoms with Gasteiger partial charge in [-0.2, -0.15) is 0 Å². The smallest absolute Gasteiger partial charge is 0.134 e. The van der Waals surface area contributed by atoms with Crippen molar-refractivity contribution < 1.29 is 4.52 Å². The van der Waals surface area contributed by atoms with Crippen molar-refractivity contribution in [3.63, 3.8) is 0 Å². The van der Waals surface area contributed by atoms with Crippen molar-refractivity contribution in [3.05, 3.63) is 24.1 Å². The standard InChI is InChI=1S/C7H8ClNO/c1-5(4-8)7-3-6(2)10-9-7/h3H,1,4H2,2H3. The van der Waals surface area contributed by atoms with Gasteiger partial charge in [0.05, 0.1) is 0 Å². The fourth-order valence-corrected chi connectivity index (χ4v) is 0.738. The average molecular weight is 158 g/mol. The first-order chi connectivity index (χ1) is 4.74. The number of hydrogen-bond acceptors (Lipinski definition) is 2. The van der Waals surface area contributed by atoms with E-state index >= 15 is 0 Å². The molecule has 2 nitrogen and oxygen atoms in total. The molecule has 0 N–H and O–H groups in total. The van der Waals surface area contributed by atoms with Gasteiger partial charge in [0.2, 0.25) is 0 Å². The molecule has 0 radical (unpaired) electrons. The van der Waals surface area contributed by atoms with Crippen LogP contribution in [0.4, 0.5) is 0 Å². The molecule has 0 spiro atoms. The number of aryl methyl sites for hydroxylation is 1. The second kappa shape index (κ2) is 2.88. The molecule has 0 aliphatic heterocycles. The molecule has 1 aromatic rings. The maximum Gasteiger partial charge on any atom is 0.134 e. The van der Waals surface area contributed by atoms with Crippen LogP contribution in [0.2, 0.25) is 0 Å². The van der Waals surface area contributed by atoms with Crippen LogP contribution in [0.5, 0.6) is 0 Å². The minimum Gasteiger partial charge on any atom is -0.361 e. The van der Waals surface area contributed by atoms with Crippen LogP contribution in [0.1, 0.15) is 11.5 Å². The second-order valence-corrected chi connectivity index (χ2v) is 2.33. The minimum atomic E-state index is 0.395. The van der Waals surface area contributed by atoms with Gasteiger partial charge in [0, 0.05) is 11.9 Å². The van der Waals surface area contributed by atoms with E-state index in [0.717, 1.165) is 17.0 Å². The maximum atomic E-state index is 5.51. The van der Waals surface area contributed by atoms with Gasteiger partial charge < -0.3 is 4.52 Å². The zero-order valence-corrected chi connectivity index (χ0v) is 6.48. The molecule has 0 aliphatic carbocycles. The highest BCUT2D eigenvalue weighted by Gasteiger charge is 2.01. The lowest BCUT2D eigenvalue weighted by Crippen LogP contribution is -1.81. The normalized spacial score (nSPS) is 9.80. The van der Waals surface area contributed by atoms with E-state index in [1.165, 1.54) is 0 Å². The fraction of sp³-hybridized carbons (Fsp3) is 0.286. The van der Waals surface area contributed by atoms with Crippen LogP contribution in [-0.2, 0) is 0 Å². The predicted octanol–water partition coefficient (Wildman–Crippen LogP) is 2.24. The van der Waals surface area contributed by atoms with Crippen molar-refractivity contribution in [2.75, 3.05) is 5.88 Å². The monoisotopic (exact) mass is 157 g/mol. The summed E-state index contributed by atoms with van der Waals surface area (Å²) in [5, 5.41) is 3.73. The lowest BCUT2D eigenvalue weighted by molar-refractivity contribution is 0.395. The minimum absolute atomic E-state index is 0.395. The Balaban J connectivity index is 2.85. The third-order valence-corrected chi connectivity index (χ3v) is 1.47. The summed E-state index contributed by atoms with van der Waals surface area (Å²) in [5.41, 5.74) is 1.53. The van der Waals surface area contributed by atoms with Gasteiger partial charge in [0.15, 0.2) is 0 Å². The Morgan fingerprint density at radius 1 is 1.90 bits per heavy atom. The first kappa shape index (κ1) is 7.35. The highest BCUT2D eigenvalue weighted by molar-refractivity contribution is 6.22. The molecule has 3 heteroatoms. The summed E-state index contributed by atoms with van der Waals surface area (Å²) in [6.07, 6.45) is 0. The number of aromatic nitrogens is 1. The van der Waals surface area contributed by atoms with Crippen LogP contribution >= 0.6 is 11.6 Å². The van der Waals surface area contributed by atoms with Crippen molar-refractivity contribution in [2.45, 2.75) is 6.92 Å². The summed E-state index contributed by atoms with van der Waals surface area (Å²) in [6.45, 7) is 5.53. The van der Waals surface area contributed by atoms with E-state index < -0.39 is 0 Å². The molecule has 1 aromatic heterocycles. The molecule has 0 fully saturated rings. The number of nitrogens with zero attached hydrogens (tertiary/aromatic N) is 1. The van der Waals surface area contributed by atoms with Crippen LogP contribution in [0.25, 0.3) is 5.57 Å². The van der Waals surface area contributed by atoms with Crippen molar-refractivity contribution in [3.8, 4) is 0 Å². The van der Waals surface area contributed by atoms with Gasteiger partial charge in [-0.15, -0.1) is 11.6 Å². The molecule has 54 valence electrons. The summed E-state index contributed by atoms with van der Waals surface area (Å²) < 4.78 is 4.82. The van der Waals surface area contributed by atoms with Crippen molar-refractivity contribution in [1.82, 2.24) is 5.16 Å². The van der Waals surface area contributed by atoms with E-state index in [1.54, 1.807) is 0 Å². The van der Waals surface area contributed by atoms with Gasteiger partial charge in [0.25, 0.3) is 0 Å². The topological polar surface area (TPSA) is 26.0 Å². The SMILES string of the molecule is C=C(CCl)c1cc(C)on1. The molecule has 0 saturated heterocycles. The molecule has 0 bridgehead atoms. The summed E-state index contributed by atoms with van der Waals surface area (Å²) in [7, 11) is 0. The quantitative estimate of drug-likeness (QED) is 0.616. The van der Waals surface area contributed by atoms with E-state index in [0.29, 0.717) is 5.88 Å². The molecule has 0 unspecified atom stereocenters. The lowest BCUT2D eigenvalue weighted by atomic mass is 10.2. The highest BCUT2D eigenvalue weighted by atomic mass is 35.5. The number of hydrogen-bond donors (Lipinski definition) is 0. The fourth-order valence-electron chi connectivity index (χ4n) is 0.601. The van der Waals surface area contributed by atoms with Crippen LogP contribution < -0.4 is 0 Å². The first-order valence-corrected chi connectivity index (χ1v) is 3.45. The van der Waals surface area contributed by atoms with E-state index in [4.69, 9.17) is 16.1 Å². The molecule has 0 atom stereocenters. The van der Waals surface area contributed by atoms with Crippen LogP contribution in [0.3, 0.4) is 0 Å². The van der Waals surface area contributed by atoms with Gasteiger partial charge in [-0.25, -0.2) is 0 Å². The maximum absolute atomic E-state index is 5.51. The van der Waals surface area contributed by atoms with E-state index in [1.807, 2.05) is 13.0 Å². The van der Waals surface area contributed by atoms with E-state index in [2.05, 4.69) is 11.7 Å². The van der Waals surface area contributed by atoms with Crippen molar-refractivity contribution >= 4 is 17.2 Å². The third-order valence-electron chi connectivity index (χ3n) is 1.15. The molecule has 0 amide bonds. The highest BCUT2D eigenvalue weighted by Crippen LogP contribution is 2.12. The second-order valence-electron chi connectivity index (χ2n) is 2.06. The zero-order valence-electron chi connectivity index (χ0n) is 5.72. The molecule has 1 rings (SSSR count). The van der Waals surface area contributed by atoms with Gasteiger partial charge in [-0.3, -0.25) is 0 Å². The summed E-state index contributed by atoms with van der Waals surface area (Å²) in [4.78, 5) is 0. The number of allylic oxidation sites excluding steroid dienone is 1. The Bertz CT molecular complexity index is 242. The van der Waals surface area contributed by atoms with Crippen LogP contribution in [0.15, 0.2) is 17.2 Å².